The van der Waals surface area contributed by atoms with Crippen LogP contribution in [-0.2, 0) is 4.79 Å². The number of rotatable bonds is 3. The van der Waals surface area contributed by atoms with E-state index < -0.39 is 0 Å². The highest BCUT2D eigenvalue weighted by Gasteiger charge is 2.25. The molecular weight excluding hydrogens is 304 g/mol. The summed E-state index contributed by atoms with van der Waals surface area (Å²) in [5, 5.41) is 0.358. The number of halogens is 1. The first-order chi connectivity index (χ1) is 10.4. The van der Waals surface area contributed by atoms with Crippen LogP contribution in [0, 0.1) is 0 Å². The number of benzene rings is 1. The second kappa shape index (κ2) is 6.98. The SMILES string of the molecule is CN(C)CC(=O)N1CCN(C(=O)c2ccc(N)cc2Cl)CC1. The zero-order valence-corrected chi connectivity index (χ0v) is 13.6. The van der Waals surface area contributed by atoms with Gasteiger partial charge in [0, 0.05) is 31.9 Å². The molecule has 7 heteroatoms. The predicted octanol–water partition coefficient (Wildman–Crippen LogP) is 0.768. The monoisotopic (exact) mass is 324 g/mol. The maximum Gasteiger partial charge on any atom is 0.255 e. The van der Waals surface area contributed by atoms with Crippen LogP contribution >= 0.6 is 11.6 Å². The number of likely N-dealkylation sites (N-methyl/N-ethyl adjacent to an activating group) is 1. The molecule has 0 radical (unpaired) electrons. The molecular formula is C15H21ClN4O2. The highest BCUT2D eigenvalue weighted by molar-refractivity contribution is 6.34. The summed E-state index contributed by atoms with van der Waals surface area (Å²) in [5.41, 5.74) is 6.62. The van der Waals surface area contributed by atoms with Gasteiger partial charge in [0.05, 0.1) is 17.1 Å². The van der Waals surface area contributed by atoms with Crippen LogP contribution in [0.2, 0.25) is 5.02 Å². The standard InChI is InChI=1S/C15H21ClN4O2/c1-18(2)10-14(21)19-5-7-20(8-6-19)15(22)12-4-3-11(17)9-13(12)16/h3-4,9H,5-8,10,17H2,1-2H3. The molecule has 1 heterocycles. The average Bonchev–Trinajstić information content (AvgIpc) is 2.46. The molecule has 1 aromatic rings. The number of nitrogen functional groups attached to an aromatic ring is 1. The lowest BCUT2D eigenvalue weighted by molar-refractivity contribution is -0.133. The van der Waals surface area contributed by atoms with Gasteiger partial charge in [-0.15, -0.1) is 0 Å². The molecule has 0 unspecified atom stereocenters. The van der Waals surface area contributed by atoms with Crippen LogP contribution in [0.4, 0.5) is 5.69 Å². The van der Waals surface area contributed by atoms with Gasteiger partial charge in [-0.2, -0.15) is 0 Å². The number of nitrogens with two attached hydrogens (primary N) is 1. The van der Waals surface area contributed by atoms with Crippen LogP contribution in [0.1, 0.15) is 10.4 Å². The minimum absolute atomic E-state index is 0.0858. The van der Waals surface area contributed by atoms with Gasteiger partial charge >= 0.3 is 0 Å². The third-order valence-electron chi connectivity index (χ3n) is 3.59. The number of carbonyl (C=O) groups excluding carboxylic acids is 2. The predicted molar refractivity (Wildman–Crippen MR) is 86.9 cm³/mol. The topological polar surface area (TPSA) is 69.9 Å². The summed E-state index contributed by atoms with van der Waals surface area (Å²) < 4.78 is 0. The molecule has 120 valence electrons. The Balaban J connectivity index is 1.96. The molecule has 2 rings (SSSR count). The number of anilines is 1. The summed E-state index contributed by atoms with van der Waals surface area (Å²) in [4.78, 5) is 29.8. The molecule has 1 saturated heterocycles. The van der Waals surface area contributed by atoms with Crippen LogP contribution in [-0.4, -0.2) is 73.3 Å². The molecule has 0 aliphatic carbocycles. The Kier molecular flexibility index (Phi) is 5.26. The zero-order chi connectivity index (χ0) is 16.3. The summed E-state index contributed by atoms with van der Waals surface area (Å²) in [7, 11) is 3.72. The van der Waals surface area contributed by atoms with Crippen molar-refractivity contribution in [3.8, 4) is 0 Å². The van der Waals surface area contributed by atoms with E-state index in [1.54, 1.807) is 28.0 Å². The number of piperazine rings is 1. The van der Waals surface area contributed by atoms with E-state index in [9.17, 15) is 9.59 Å². The second-order valence-corrected chi connectivity index (χ2v) is 6.06. The summed E-state index contributed by atoms with van der Waals surface area (Å²) in [5.74, 6) is -0.0349. The Morgan fingerprint density at radius 2 is 1.77 bits per heavy atom. The van der Waals surface area contributed by atoms with Crippen molar-refractivity contribution in [2.24, 2.45) is 0 Å². The molecule has 1 fully saturated rings. The lowest BCUT2D eigenvalue weighted by atomic mass is 10.1. The van der Waals surface area contributed by atoms with Crippen molar-refractivity contribution in [1.82, 2.24) is 14.7 Å². The average molecular weight is 325 g/mol. The third kappa shape index (κ3) is 3.90. The number of hydrogen-bond acceptors (Lipinski definition) is 4. The van der Waals surface area contributed by atoms with E-state index in [0.717, 1.165) is 0 Å². The van der Waals surface area contributed by atoms with E-state index in [1.165, 1.54) is 0 Å². The summed E-state index contributed by atoms with van der Waals surface area (Å²) >= 11 is 6.08. The fourth-order valence-corrected chi connectivity index (χ4v) is 2.67. The Labute approximate surface area is 135 Å². The highest BCUT2D eigenvalue weighted by Crippen LogP contribution is 2.21. The number of carbonyl (C=O) groups is 2. The Bertz CT molecular complexity index is 569. The Morgan fingerprint density at radius 1 is 1.18 bits per heavy atom. The van der Waals surface area contributed by atoms with Crippen molar-refractivity contribution in [2.45, 2.75) is 0 Å². The minimum atomic E-state index is -0.121. The molecule has 0 aromatic heterocycles. The van der Waals surface area contributed by atoms with Crippen molar-refractivity contribution in [3.05, 3.63) is 28.8 Å². The maximum absolute atomic E-state index is 12.5. The third-order valence-corrected chi connectivity index (χ3v) is 3.91. The first-order valence-electron chi connectivity index (χ1n) is 7.15. The van der Waals surface area contributed by atoms with Gasteiger partial charge in [0.15, 0.2) is 0 Å². The summed E-state index contributed by atoms with van der Waals surface area (Å²) in [6, 6.07) is 4.88. The van der Waals surface area contributed by atoms with Gasteiger partial charge in [-0.3, -0.25) is 9.59 Å². The van der Waals surface area contributed by atoms with Crippen LogP contribution in [0.5, 0.6) is 0 Å². The smallest absolute Gasteiger partial charge is 0.255 e. The fourth-order valence-electron chi connectivity index (χ4n) is 2.40. The van der Waals surface area contributed by atoms with Crippen molar-refractivity contribution >= 4 is 29.1 Å². The number of nitrogens with zero attached hydrogens (tertiary/aromatic N) is 3. The van der Waals surface area contributed by atoms with Gasteiger partial charge in [0.1, 0.15) is 0 Å². The van der Waals surface area contributed by atoms with E-state index >= 15 is 0 Å². The maximum atomic E-state index is 12.5. The fraction of sp³-hybridized carbons (Fsp3) is 0.467. The number of amides is 2. The molecule has 0 atom stereocenters. The van der Waals surface area contributed by atoms with Gasteiger partial charge < -0.3 is 20.4 Å². The Hall–Kier alpha value is -1.79. The van der Waals surface area contributed by atoms with Crippen molar-refractivity contribution in [2.75, 3.05) is 52.6 Å². The Morgan fingerprint density at radius 3 is 2.32 bits per heavy atom. The zero-order valence-electron chi connectivity index (χ0n) is 12.9. The van der Waals surface area contributed by atoms with Crippen LogP contribution < -0.4 is 5.73 Å². The molecule has 22 heavy (non-hydrogen) atoms. The van der Waals surface area contributed by atoms with Crippen molar-refractivity contribution in [3.63, 3.8) is 0 Å². The molecule has 2 N–H and O–H groups in total. The largest absolute Gasteiger partial charge is 0.399 e. The molecule has 0 spiro atoms. The number of hydrogen-bond donors (Lipinski definition) is 1. The van der Waals surface area contributed by atoms with E-state index in [1.807, 2.05) is 19.0 Å². The normalized spacial score (nSPS) is 15.3. The molecule has 2 amide bonds. The van der Waals surface area contributed by atoms with Crippen molar-refractivity contribution < 1.29 is 9.59 Å². The van der Waals surface area contributed by atoms with Gasteiger partial charge in [-0.05, 0) is 32.3 Å². The second-order valence-electron chi connectivity index (χ2n) is 5.65. The summed E-state index contributed by atoms with van der Waals surface area (Å²) in [6.45, 7) is 2.51. The minimum Gasteiger partial charge on any atom is -0.399 e. The van der Waals surface area contributed by atoms with E-state index in [2.05, 4.69) is 0 Å². The summed E-state index contributed by atoms with van der Waals surface area (Å²) in [6.07, 6.45) is 0. The van der Waals surface area contributed by atoms with Crippen LogP contribution in [0.15, 0.2) is 18.2 Å². The van der Waals surface area contributed by atoms with Gasteiger partial charge in [0.2, 0.25) is 5.91 Å². The quantitative estimate of drug-likeness (QED) is 0.834. The lowest BCUT2D eigenvalue weighted by Gasteiger charge is -2.35. The molecule has 1 aliphatic heterocycles. The van der Waals surface area contributed by atoms with Gasteiger partial charge in [0.25, 0.3) is 5.91 Å². The molecule has 1 aromatic carbocycles. The van der Waals surface area contributed by atoms with Gasteiger partial charge in [-0.25, -0.2) is 0 Å². The lowest BCUT2D eigenvalue weighted by Crippen LogP contribution is -2.52. The van der Waals surface area contributed by atoms with Crippen LogP contribution in [0.3, 0.4) is 0 Å². The van der Waals surface area contributed by atoms with Crippen molar-refractivity contribution in [1.29, 1.82) is 0 Å². The van der Waals surface area contributed by atoms with Crippen LogP contribution in [0.25, 0.3) is 0 Å². The molecule has 1 aliphatic rings. The highest BCUT2D eigenvalue weighted by atomic mass is 35.5. The van der Waals surface area contributed by atoms with E-state index in [0.29, 0.717) is 49.0 Å². The molecule has 0 saturated carbocycles. The first-order valence-corrected chi connectivity index (χ1v) is 7.53. The van der Waals surface area contributed by atoms with Gasteiger partial charge in [-0.1, -0.05) is 11.6 Å². The molecule has 6 nitrogen and oxygen atoms in total. The first kappa shape index (κ1) is 16.6. The van der Waals surface area contributed by atoms with E-state index in [-0.39, 0.29) is 11.8 Å². The molecule has 0 bridgehead atoms. The van der Waals surface area contributed by atoms with E-state index in [4.69, 9.17) is 17.3 Å².